The first kappa shape index (κ1) is 20.1. The number of carbonyl (C=O) groups excluding carboxylic acids is 1. The third-order valence-corrected chi connectivity index (χ3v) is 5.34. The van der Waals surface area contributed by atoms with Crippen molar-refractivity contribution in [2.24, 2.45) is 0 Å². The first-order valence-corrected chi connectivity index (χ1v) is 10.1. The Kier molecular flexibility index (Phi) is 5.33. The highest BCUT2D eigenvalue weighted by Crippen LogP contribution is 2.34. The third-order valence-electron chi connectivity index (χ3n) is 4.51. The van der Waals surface area contributed by atoms with E-state index in [1.165, 1.54) is 23.8 Å². The van der Waals surface area contributed by atoms with Gasteiger partial charge in [0, 0.05) is 10.9 Å². The summed E-state index contributed by atoms with van der Waals surface area (Å²) in [7, 11) is 0. The predicted molar refractivity (Wildman–Crippen MR) is 109 cm³/mol. The number of halogens is 3. The minimum absolute atomic E-state index is 0.153. The summed E-state index contributed by atoms with van der Waals surface area (Å²) in [5.41, 5.74) is 2.06. The van der Waals surface area contributed by atoms with Gasteiger partial charge in [0.25, 0.3) is 0 Å². The van der Waals surface area contributed by atoms with Gasteiger partial charge in [0.1, 0.15) is 5.52 Å². The van der Waals surface area contributed by atoms with Gasteiger partial charge < -0.3 is 10.3 Å². The van der Waals surface area contributed by atoms with E-state index in [-0.39, 0.29) is 16.6 Å². The molecule has 2 N–H and O–H groups in total. The molecule has 0 fully saturated rings. The molecule has 4 rings (SSSR count). The maximum absolute atomic E-state index is 13.0. The number of nitrogens with one attached hydrogen (secondary N) is 2. The summed E-state index contributed by atoms with van der Waals surface area (Å²) in [6.07, 6.45) is -3.65. The average molecular weight is 431 g/mol. The van der Waals surface area contributed by atoms with Crippen molar-refractivity contribution in [3.05, 3.63) is 53.6 Å². The number of hydrogen-bond donors (Lipinski definition) is 2. The maximum atomic E-state index is 13.0. The van der Waals surface area contributed by atoms with E-state index in [9.17, 15) is 18.0 Å². The van der Waals surface area contributed by atoms with Crippen molar-refractivity contribution >= 4 is 45.4 Å². The summed E-state index contributed by atoms with van der Waals surface area (Å²) in [6.45, 7) is 2.06. The number of para-hydroxylation sites is 1. The maximum Gasteiger partial charge on any atom is 0.418 e. The molecule has 2 aromatic heterocycles. The number of benzene rings is 2. The topological polar surface area (TPSA) is 83.6 Å². The van der Waals surface area contributed by atoms with Crippen LogP contribution in [0, 0.1) is 0 Å². The number of alkyl halides is 3. The number of anilines is 1. The van der Waals surface area contributed by atoms with E-state index < -0.39 is 17.6 Å². The number of aryl methyl sites for hydroxylation is 1. The summed E-state index contributed by atoms with van der Waals surface area (Å²) in [6, 6.07) is 10.8. The van der Waals surface area contributed by atoms with Crippen molar-refractivity contribution in [1.82, 2.24) is 20.2 Å². The van der Waals surface area contributed by atoms with Gasteiger partial charge in [0.15, 0.2) is 5.65 Å². The predicted octanol–water partition coefficient (Wildman–Crippen LogP) is 4.82. The Labute approximate surface area is 173 Å². The van der Waals surface area contributed by atoms with Crippen LogP contribution < -0.4 is 5.32 Å². The lowest BCUT2D eigenvalue weighted by atomic mass is 10.1. The smallest absolute Gasteiger partial charge is 0.338 e. The lowest BCUT2D eigenvalue weighted by Gasteiger charge is -2.13. The number of hydrogen-bond acceptors (Lipinski definition) is 5. The van der Waals surface area contributed by atoms with Crippen LogP contribution in [0.25, 0.3) is 22.1 Å². The van der Waals surface area contributed by atoms with Crippen LogP contribution in [-0.4, -0.2) is 31.8 Å². The molecule has 0 aliphatic carbocycles. The molecule has 0 atom stereocenters. The van der Waals surface area contributed by atoms with Gasteiger partial charge in [-0.2, -0.15) is 13.2 Å². The second-order valence-electron chi connectivity index (χ2n) is 6.53. The molecule has 0 saturated heterocycles. The minimum Gasteiger partial charge on any atom is -0.338 e. The third kappa shape index (κ3) is 4.09. The molecule has 6 nitrogen and oxygen atoms in total. The van der Waals surface area contributed by atoms with Gasteiger partial charge >= 0.3 is 6.18 Å². The summed E-state index contributed by atoms with van der Waals surface area (Å²) < 4.78 is 39.1. The fourth-order valence-electron chi connectivity index (χ4n) is 3.05. The molecule has 2 aromatic carbocycles. The van der Waals surface area contributed by atoms with Crippen molar-refractivity contribution in [2.75, 3.05) is 11.1 Å². The molecule has 30 heavy (non-hydrogen) atoms. The molecule has 4 aromatic rings. The second kappa shape index (κ2) is 7.94. The van der Waals surface area contributed by atoms with Crippen molar-refractivity contribution in [1.29, 1.82) is 0 Å². The van der Waals surface area contributed by atoms with Crippen molar-refractivity contribution in [3.63, 3.8) is 0 Å². The van der Waals surface area contributed by atoms with Crippen molar-refractivity contribution < 1.29 is 18.0 Å². The van der Waals surface area contributed by atoms with Crippen LogP contribution in [0.1, 0.15) is 18.1 Å². The van der Waals surface area contributed by atoms with Gasteiger partial charge in [-0.1, -0.05) is 43.0 Å². The Morgan fingerprint density at radius 2 is 1.97 bits per heavy atom. The molecule has 0 radical (unpaired) electrons. The molecule has 2 heterocycles. The molecule has 154 valence electrons. The van der Waals surface area contributed by atoms with Crippen molar-refractivity contribution in [3.8, 4) is 0 Å². The Morgan fingerprint density at radius 3 is 2.73 bits per heavy atom. The van der Waals surface area contributed by atoms with Crippen LogP contribution in [0.5, 0.6) is 0 Å². The zero-order valence-corrected chi connectivity index (χ0v) is 16.6. The highest BCUT2D eigenvalue weighted by molar-refractivity contribution is 7.99. The second-order valence-corrected chi connectivity index (χ2v) is 7.47. The first-order valence-electron chi connectivity index (χ1n) is 9.09. The summed E-state index contributed by atoms with van der Waals surface area (Å²) in [5.74, 6) is -0.746. The average Bonchev–Trinajstić information content (AvgIpc) is 3.08. The molecular weight excluding hydrogens is 415 g/mol. The molecule has 0 unspecified atom stereocenters. The highest BCUT2D eigenvalue weighted by Gasteiger charge is 2.33. The van der Waals surface area contributed by atoms with Crippen LogP contribution in [-0.2, 0) is 17.4 Å². The van der Waals surface area contributed by atoms with E-state index in [1.54, 1.807) is 0 Å². The van der Waals surface area contributed by atoms with E-state index in [0.717, 1.165) is 35.2 Å². The summed E-state index contributed by atoms with van der Waals surface area (Å²) >= 11 is 0.996. The number of nitrogens with zero attached hydrogens (tertiary/aromatic N) is 3. The lowest BCUT2D eigenvalue weighted by Crippen LogP contribution is -2.18. The van der Waals surface area contributed by atoms with Crippen LogP contribution >= 0.6 is 11.8 Å². The minimum atomic E-state index is -4.55. The number of aromatic nitrogens is 4. The number of amides is 1. The number of thioether (sulfide) groups is 1. The molecule has 0 bridgehead atoms. The van der Waals surface area contributed by atoms with Gasteiger partial charge in [-0.3, -0.25) is 4.79 Å². The van der Waals surface area contributed by atoms with E-state index >= 15 is 0 Å². The number of fused-ring (bicyclic) bond motifs is 3. The van der Waals surface area contributed by atoms with E-state index in [1.807, 2.05) is 18.2 Å². The fraction of sp³-hybridized carbons (Fsp3) is 0.200. The van der Waals surface area contributed by atoms with Crippen LogP contribution in [0.2, 0.25) is 0 Å². The number of H-pyrrole nitrogens is 1. The molecular formula is C20H16F3N5OS. The van der Waals surface area contributed by atoms with Crippen LogP contribution in [0.4, 0.5) is 18.9 Å². The number of aromatic amines is 1. The molecule has 0 spiro atoms. The quantitative estimate of drug-likeness (QED) is 0.443. The normalized spacial score (nSPS) is 11.9. The van der Waals surface area contributed by atoms with E-state index in [4.69, 9.17) is 0 Å². The Morgan fingerprint density at radius 1 is 1.17 bits per heavy atom. The molecule has 0 aliphatic rings. The Bertz CT molecular complexity index is 1240. The van der Waals surface area contributed by atoms with Gasteiger partial charge in [0.05, 0.1) is 17.0 Å². The fourth-order valence-corrected chi connectivity index (χ4v) is 3.63. The molecule has 0 saturated carbocycles. The largest absolute Gasteiger partial charge is 0.418 e. The zero-order chi connectivity index (χ0) is 21.3. The highest BCUT2D eigenvalue weighted by atomic mass is 32.2. The van der Waals surface area contributed by atoms with Gasteiger partial charge in [-0.05, 0) is 30.2 Å². The molecule has 0 aliphatic heterocycles. The van der Waals surface area contributed by atoms with E-state index in [2.05, 4.69) is 32.4 Å². The summed E-state index contributed by atoms with van der Waals surface area (Å²) in [4.78, 5) is 19.7. The standard InChI is InChI=1S/C20H16F3N5OS/c1-2-11-7-8-12-15(9-11)25-18-17(12)27-28-19(26-18)30-10-16(29)24-14-6-4-3-5-13(14)20(21,22)23/h3-9H,2,10H2,1H3,(H,24,29)(H,25,26,28). The lowest BCUT2D eigenvalue weighted by molar-refractivity contribution is -0.137. The zero-order valence-electron chi connectivity index (χ0n) is 15.7. The van der Waals surface area contributed by atoms with Crippen molar-refractivity contribution in [2.45, 2.75) is 24.7 Å². The van der Waals surface area contributed by atoms with Gasteiger partial charge in [-0.15, -0.1) is 10.2 Å². The Balaban J connectivity index is 1.48. The van der Waals surface area contributed by atoms with Crippen LogP contribution in [0.15, 0.2) is 47.6 Å². The van der Waals surface area contributed by atoms with Gasteiger partial charge in [-0.25, -0.2) is 4.98 Å². The first-order chi connectivity index (χ1) is 14.3. The Hall–Kier alpha value is -3.14. The SMILES string of the molecule is CCc1ccc2c(c1)[nH]c1nc(SCC(=O)Nc3ccccc3C(F)(F)F)nnc12. The van der Waals surface area contributed by atoms with Crippen LogP contribution in [0.3, 0.4) is 0 Å². The van der Waals surface area contributed by atoms with Gasteiger partial charge in [0.2, 0.25) is 11.1 Å². The monoisotopic (exact) mass is 431 g/mol. The molecule has 10 heteroatoms. The summed E-state index contributed by atoms with van der Waals surface area (Å²) in [5, 5.41) is 11.7. The van der Waals surface area contributed by atoms with E-state index in [0.29, 0.717) is 11.2 Å². The number of carbonyl (C=O) groups is 1. The number of rotatable bonds is 5. The molecule has 1 amide bonds.